The Hall–Kier alpha value is -1.41. The minimum atomic E-state index is -3.49. The molecule has 1 aliphatic heterocycles. The fraction of sp³-hybridized carbons (Fsp3) is 0.286. The number of rotatable bonds is 3. The molecule has 0 unspecified atom stereocenters. The lowest BCUT2D eigenvalue weighted by molar-refractivity contribution is 0.384. The standard InChI is InChI=1S/C14H14Cl2N4O2S/c15-11-2-1-9(5-12(11)16)7-23(21,22)20-4-3-10-13(6-20)18-8-19-14(10)17/h1-2,5,8H,3-4,6-7H2,(H2,17,18,19). The number of hydrogen-bond acceptors (Lipinski definition) is 5. The number of nitrogens with two attached hydrogens (primary N) is 1. The molecule has 0 atom stereocenters. The predicted octanol–water partition coefficient (Wildman–Crippen LogP) is 2.25. The Morgan fingerprint density at radius 2 is 2.00 bits per heavy atom. The quantitative estimate of drug-likeness (QED) is 0.892. The summed E-state index contributed by atoms with van der Waals surface area (Å²) in [6, 6.07) is 4.82. The zero-order valence-electron chi connectivity index (χ0n) is 12.0. The number of nitrogen functional groups attached to an aromatic ring is 1. The van der Waals surface area contributed by atoms with Crippen LogP contribution in [0.15, 0.2) is 24.5 Å². The number of fused-ring (bicyclic) bond motifs is 1. The fourth-order valence-electron chi connectivity index (χ4n) is 2.52. The summed E-state index contributed by atoms with van der Waals surface area (Å²) in [6.07, 6.45) is 1.85. The van der Waals surface area contributed by atoms with Crippen molar-refractivity contribution in [2.45, 2.75) is 18.7 Å². The molecule has 3 rings (SSSR count). The summed E-state index contributed by atoms with van der Waals surface area (Å²) < 4.78 is 26.6. The van der Waals surface area contributed by atoms with Crippen molar-refractivity contribution < 1.29 is 8.42 Å². The number of sulfonamides is 1. The lowest BCUT2D eigenvalue weighted by Gasteiger charge is -2.27. The number of nitrogens with zero attached hydrogens (tertiary/aromatic N) is 3. The molecule has 23 heavy (non-hydrogen) atoms. The second-order valence-electron chi connectivity index (χ2n) is 5.27. The van der Waals surface area contributed by atoms with E-state index in [-0.39, 0.29) is 12.3 Å². The van der Waals surface area contributed by atoms with Crippen LogP contribution in [-0.4, -0.2) is 29.2 Å². The zero-order valence-corrected chi connectivity index (χ0v) is 14.4. The predicted molar refractivity (Wildman–Crippen MR) is 89.6 cm³/mol. The van der Waals surface area contributed by atoms with Gasteiger partial charge in [-0.3, -0.25) is 0 Å². The molecule has 0 amide bonds. The maximum Gasteiger partial charge on any atom is 0.218 e. The Balaban J connectivity index is 1.82. The van der Waals surface area contributed by atoms with E-state index in [0.29, 0.717) is 40.1 Å². The smallest absolute Gasteiger partial charge is 0.218 e. The zero-order chi connectivity index (χ0) is 16.6. The van der Waals surface area contributed by atoms with E-state index in [1.165, 1.54) is 10.6 Å². The maximum atomic E-state index is 12.6. The summed E-state index contributed by atoms with van der Waals surface area (Å²) >= 11 is 11.8. The molecular formula is C14H14Cl2N4O2S. The van der Waals surface area contributed by atoms with Gasteiger partial charge in [0.2, 0.25) is 10.0 Å². The van der Waals surface area contributed by atoms with Crippen molar-refractivity contribution in [1.82, 2.24) is 14.3 Å². The van der Waals surface area contributed by atoms with Crippen LogP contribution in [0.2, 0.25) is 10.0 Å². The average Bonchev–Trinajstić information content (AvgIpc) is 2.51. The summed E-state index contributed by atoms with van der Waals surface area (Å²) in [5, 5.41) is 0.732. The van der Waals surface area contributed by atoms with Crippen LogP contribution in [0.25, 0.3) is 0 Å². The van der Waals surface area contributed by atoms with Gasteiger partial charge in [-0.05, 0) is 24.1 Å². The van der Waals surface area contributed by atoms with Crippen molar-refractivity contribution in [3.8, 4) is 0 Å². The van der Waals surface area contributed by atoms with E-state index in [1.54, 1.807) is 18.2 Å². The monoisotopic (exact) mass is 372 g/mol. The van der Waals surface area contributed by atoms with Crippen molar-refractivity contribution >= 4 is 39.0 Å². The minimum absolute atomic E-state index is 0.139. The van der Waals surface area contributed by atoms with Gasteiger partial charge < -0.3 is 5.73 Å². The van der Waals surface area contributed by atoms with Crippen molar-refractivity contribution in [1.29, 1.82) is 0 Å². The van der Waals surface area contributed by atoms with Gasteiger partial charge in [-0.2, -0.15) is 4.31 Å². The molecular weight excluding hydrogens is 359 g/mol. The number of anilines is 1. The highest BCUT2D eigenvalue weighted by molar-refractivity contribution is 7.88. The lowest BCUT2D eigenvalue weighted by atomic mass is 10.1. The molecule has 2 N–H and O–H groups in total. The summed E-state index contributed by atoms with van der Waals surface area (Å²) in [7, 11) is -3.49. The molecule has 2 aromatic rings. The normalized spacial score (nSPS) is 15.4. The van der Waals surface area contributed by atoms with Crippen LogP contribution < -0.4 is 5.73 Å². The van der Waals surface area contributed by atoms with Crippen LogP contribution in [0.3, 0.4) is 0 Å². The molecule has 9 heteroatoms. The molecule has 0 saturated carbocycles. The molecule has 0 aliphatic carbocycles. The van der Waals surface area contributed by atoms with E-state index < -0.39 is 10.0 Å². The van der Waals surface area contributed by atoms with Crippen molar-refractivity contribution in [3.63, 3.8) is 0 Å². The van der Waals surface area contributed by atoms with Gasteiger partial charge in [0.15, 0.2) is 0 Å². The third kappa shape index (κ3) is 3.42. The fourth-order valence-corrected chi connectivity index (χ4v) is 4.32. The second-order valence-corrected chi connectivity index (χ2v) is 8.06. The van der Waals surface area contributed by atoms with Gasteiger partial charge in [0.05, 0.1) is 28.0 Å². The minimum Gasteiger partial charge on any atom is -0.383 e. The molecule has 0 radical (unpaired) electrons. The summed E-state index contributed by atoms with van der Waals surface area (Å²) in [4.78, 5) is 8.08. The Morgan fingerprint density at radius 1 is 1.22 bits per heavy atom. The highest BCUT2D eigenvalue weighted by Crippen LogP contribution is 2.26. The first-order chi connectivity index (χ1) is 10.9. The third-order valence-electron chi connectivity index (χ3n) is 3.73. The highest BCUT2D eigenvalue weighted by Gasteiger charge is 2.28. The summed E-state index contributed by atoms with van der Waals surface area (Å²) in [6.45, 7) is 0.555. The largest absolute Gasteiger partial charge is 0.383 e. The maximum absolute atomic E-state index is 12.6. The van der Waals surface area contributed by atoms with Gasteiger partial charge in [0.25, 0.3) is 0 Å². The van der Waals surface area contributed by atoms with Gasteiger partial charge in [0.1, 0.15) is 12.1 Å². The van der Waals surface area contributed by atoms with E-state index in [4.69, 9.17) is 28.9 Å². The van der Waals surface area contributed by atoms with E-state index in [1.807, 2.05) is 0 Å². The first-order valence-electron chi connectivity index (χ1n) is 6.87. The van der Waals surface area contributed by atoms with E-state index >= 15 is 0 Å². The molecule has 6 nitrogen and oxygen atoms in total. The van der Waals surface area contributed by atoms with Crippen molar-refractivity contribution in [2.24, 2.45) is 0 Å². The van der Waals surface area contributed by atoms with Gasteiger partial charge in [-0.25, -0.2) is 18.4 Å². The first kappa shape index (κ1) is 16.4. The molecule has 0 bridgehead atoms. The number of halogens is 2. The summed E-state index contributed by atoms with van der Waals surface area (Å²) in [5.41, 5.74) is 7.88. The van der Waals surface area contributed by atoms with Crippen LogP contribution in [0, 0.1) is 0 Å². The SMILES string of the molecule is Nc1ncnc2c1CCN(S(=O)(=O)Cc1ccc(Cl)c(Cl)c1)C2. The van der Waals surface area contributed by atoms with Crippen molar-refractivity contribution in [3.05, 3.63) is 51.4 Å². The molecule has 0 fully saturated rings. The van der Waals surface area contributed by atoms with E-state index in [9.17, 15) is 8.42 Å². The van der Waals surface area contributed by atoms with Gasteiger partial charge in [0, 0.05) is 12.1 Å². The topological polar surface area (TPSA) is 89.2 Å². The van der Waals surface area contributed by atoms with Gasteiger partial charge in [-0.15, -0.1) is 0 Å². The Kier molecular flexibility index (Phi) is 4.46. The van der Waals surface area contributed by atoms with Gasteiger partial charge >= 0.3 is 0 Å². The number of hydrogen-bond donors (Lipinski definition) is 1. The Labute approximate surface area is 144 Å². The number of benzene rings is 1. The molecule has 1 aromatic carbocycles. The van der Waals surface area contributed by atoms with Crippen LogP contribution in [0.1, 0.15) is 16.8 Å². The second kappa shape index (κ2) is 6.24. The highest BCUT2D eigenvalue weighted by atomic mass is 35.5. The Bertz CT molecular complexity index is 858. The van der Waals surface area contributed by atoms with Crippen LogP contribution in [-0.2, 0) is 28.7 Å². The molecule has 122 valence electrons. The van der Waals surface area contributed by atoms with Crippen LogP contribution in [0.5, 0.6) is 0 Å². The number of aromatic nitrogens is 2. The van der Waals surface area contributed by atoms with Crippen molar-refractivity contribution in [2.75, 3.05) is 12.3 Å². The molecule has 2 heterocycles. The molecule has 1 aromatic heterocycles. The molecule has 1 aliphatic rings. The van der Waals surface area contributed by atoms with Crippen LogP contribution in [0.4, 0.5) is 5.82 Å². The van der Waals surface area contributed by atoms with Crippen LogP contribution >= 0.6 is 23.2 Å². The summed E-state index contributed by atoms with van der Waals surface area (Å²) in [5.74, 6) is 0.274. The average molecular weight is 373 g/mol. The van der Waals surface area contributed by atoms with E-state index in [2.05, 4.69) is 9.97 Å². The molecule has 0 spiro atoms. The Morgan fingerprint density at radius 3 is 2.74 bits per heavy atom. The van der Waals surface area contributed by atoms with E-state index in [0.717, 1.165) is 5.56 Å². The first-order valence-corrected chi connectivity index (χ1v) is 9.23. The lowest BCUT2D eigenvalue weighted by Crippen LogP contribution is -2.37. The van der Waals surface area contributed by atoms with Gasteiger partial charge in [-0.1, -0.05) is 29.3 Å². The molecule has 0 saturated heterocycles. The third-order valence-corrected chi connectivity index (χ3v) is 6.27.